The van der Waals surface area contributed by atoms with Gasteiger partial charge in [0.25, 0.3) is 0 Å². The molecule has 1 N–H and O–H groups in total. The second-order valence-electron chi connectivity index (χ2n) is 7.80. The highest BCUT2D eigenvalue weighted by molar-refractivity contribution is 7.80. The van der Waals surface area contributed by atoms with E-state index in [0.29, 0.717) is 10.1 Å². The van der Waals surface area contributed by atoms with Gasteiger partial charge in [0.1, 0.15) is 11.3 Å². The van der Waals surface area contributed by atoms with E-state index in [4.69, 9.17) is 33.0 Å². The van der Waals surface area contributed by atoms with Crippen molar-refractivity contribution in [1.29, 1.82) is 0 Å². The Morgan fingerprint density at radius 1 is 1.16 bits per heavy atom. The van der Waals surface area contributed by atoms with Gasteiger partial charge in [-0.1, -0.05) is 35.9 Å². The summed E-state index contributed by atoms with van der Waals surface area (Å²) in [5, 5.41) is 5.80. The maximum Gasteiger partial charge on any atom is 0.174 e. The average Bonchev–Trinajstić information content (AvgIpc) is 3.21. The molecule has 1 aromatic heterocycles. The molecule has 0 radical (unpaired) electrons. The number of benzene rings is 2. The van der Waals surface area contributed by atoms with Crippen LogP contribution in [0.4, 0.5) is 5.69 Å². The van der Waals surface area contributed by atoms with E-state index in [1.54, 1.807) is 0 Å². The van der Waals surface area contributed by atoms with Crippen LogP contribution in [0, 0.1) is 0 Å². The molecule has 0 bridgehead atoms. The number of halogens is 1. The Morgan fingerprint density at radius 3 is 2.74 bits per heavy atom. The van der Waals surface area contributed by atoms with Crippen LogP contribution in [0.15, 0.2) is 59.0 Å². The van der Waals surface area contributed by atoms with Crippen molar-refractivity contribution in [1.82, 2.24) is 9.80 Å². The van der Waals surface area contributed by atoms with Crippen molar-refractivity contribution in [3.05, 3.63) is 65.4 Å². The number of morpholine rings is 1. The quantitative estimate of drug-likeness (QED) is 0.468. The van der Waals surface area contributed by atoms with E-state index in [0.717, 1.165) is 68.2 Å². The summed E-state index contributed by atoms with van der Waals surface area (Å²) in [6.45, 7) is 7.59. The van der Waals surface area contributed by atoms with Crippen molar-refractivity contribution in [3.63, 3.8) is 0 Å². The summed E-state index contributed by atoms with van der Waals surface area (Å²) in [6, 6.07) is 17.8. The van der Waals surface area contributed by atoms with Gasteiger partial charge in [0.05, 0.1) is 19.3 Å². The smallest absolute Gasteiger partial charge is 0.174 e. The summed E-state index contributed by atoms with van der Waals surface area (Å²) in [4.78, 5) is 4.65. The molecule has 5 nitrogen and oxygen atoms in total. The van der Waals surface area contributed by atoms with E-state index < -0.39 is 0 Å². The normalized spacial score (nSPS) is 15.7. The molecule has 7 heteroatoms. The molecule has 2 heterocycles. The van der Waals surface area contributed by atoms with Gasteiger partial charge in [0, 0.05) is 42.3 Å². The maximum absolute atomic E-state index is 6.15. The molecular weight excluding hydrogens is 430 g/mol. The predicted molar refractivity (Wildman–Crippen MR) is 131 cm³/mol. The monoisotopic (exact) mass is 457 g/mol. The summed E-state index contributed by atoms with van der Waals surface area (Å²) >= 11 is 12.0. The fourth-order valence-electron chi connectivity index (χ4n) is 3.88. The number of rotatable bonds is 7. The summed E-state index contributed by atoms with van der Waals surface area (Å²) in [7, 11) is 0. The van der Waals surface area contributed by atoms with Crippen LogP contribution in [0.5, 0.6) is 0 Å². The number of fused-ring (bicyclic) bond motifs is 1. The van der Waals surface area contributed by atoms with Crippen LogP contribution in [0.2, 0.25) is 5.02 Å². The van der Waals surface area contributed by atoms with Crippen molar-refractivity contribution >= 4 is 45.6 Å². The molecule has 1 fully saturated rings. The summed E-state index contributed by atoms with van der Waals surface area (Å²) < 4.78 is 11.6. The van der Waals surface area contributed by atoms with E-state index in [-0.39, 0.29) is 6.04 Å². The number of thiocarbonyl (C=S) groups is 1. The highest BCUT2D eigenvalue weighted by Gasteiger charge is 2.22. The van der Waals surface area contributed by atoms with Gasteiger partial charge in [-0.05, 0) is 55.9 Å². The summed E-state index contributed by atoms with van der Waals surface area (Å²) in [5.41, 5.74) is 1.78. The Hall–Kier alpha value is -2.12. The molecule has 2 aromatic carbocycles. The minimum Gasteiger partial charge on any atom is -0.459 e. The summed E-state index contributed by atoms with van der Waals surface area (Å²) in [6.07, 6.45) is 1.00. The zero-order chi connectivity index (χ0) is 21.6. The molecule has 0 aliphatic carbocycles. The van der Waals surface area contributed by atoms with E-state index in [1.165, 1.54) is 0 Å². The highest BCUT2D eigenvalue weighted by Crippen LogP contribution is 2.28. The Morgan fingerprint density at radius 2 is 1.97 bits per heavy atom. The van der Waals surface area contributed by atoms with Crippen molar-refractivity contribution in [2.45, 2.75) is 19.4 Å². The Bertz CT molecular complexity index is 986. The number of ether oxygens (including phenoxy) is 1. The van der Waals surface area contributed by atoms with Crippen molar-refractivity contribution < 1.29 is 9.15 Å². The van der Waals surface area contributed by atoms with Crippen molar-refractivity contribution in [2.75, 3.05) is 44.7 Å². The van der Waals surface area contributed by atoms with Gasteiger partial charge in [-0.3, -0.25) is 4.90 Å². The summed E-state index contributed by atoms with van der Waals surface area (Å²) in [5.74, 6) is 0.905. The van der Waals surface area contributed by atoms with Gasteiger partial charge >= 0.3 is 0 Å². The van der Waals surface area contributed by atoms with Crippen molar-refractivity contribution in [3.8, 4) is 0 Å². The molecule has 0 spiro atoms. The lowest BCUT2D eigenvalue weighted by molar-refractivity contribution is 0.0365. The van der Waals surface area contributed by atoms with Crippen molar-refractivity contribution in [2.24, 2.45) is 0 Å². The van der Waals surface area contributed by atoms with Gasteiger partial charge in [-0.25, -0.2) is 0 Å². The molecule has 1 unspecified atom stereocenters. The van der Waals surface area contributed by atoms with Crippen LogP contribution >= 0.6 is 23.8 Å². The third kappa shape index (κ3) is 5.77. The SMILES string of the molecule is CC(c1cc2ccccc2o1)N(CCCN1CCOCC1)C(=S)Nc1cccc(Cl)c1. The Kier molecular flexibility index (Phi) is 7.45. The molecule has 0 saturated carbocycles. The van der Waals surface area contributed by atoms with Crippen LogP contribution in [0.25, 0.3) is 11.0 Å². The first kappa shape index (κ1) is 22.1. The van der Waals surface area contributed by atoms with Gasteiger partial charge in [-0.2, -0.15) is 0 Å². The molecule has 0 amide bonds. The molecule has 31 heavy (non-hydrogen) atoms. The number of anilines is 1. The zero-order valence-electron chi connectivity index (χ0n) is 17.7. The van der Waals surface area contributed by atoms with Gasteiger partial charge in [-0.15, -0.1) is 0 Å². The number of nitrogens with zero attached hydrogens (tertiary/aromatic N) is 2. The molecule has 1 saturated heterocycles. The van der Waals surface area contributed by atoms with Crippen LogP contribution in [-0.2, 0) is 4.74 Å². The molecule has 4 rings (SSSR count). The number of nitrogens with one attached hydrogen (secondary N) is 1. The zero-order valence-corrected chi connectivity index (χ0v) is 19.3. The fraction of sp³-hybridized carbons (Fsp3) is 0.375. The highest BCUT2D eigenvalue weighted by atomic mass is 35.5. The number of furan rings is 1. The minimum atomic E-state index is -0.00345. The second-order valence-corrected chi connectivity index (χ2v) is 8.63. The Balaban J connectivity index is 1.49. The van der Waals surface area contributed by atoms with Gasteiger partial charge in [0.15, 0.2) is 5.11 Å². The van der Waals surface area contributed by atoms with Crippen LogP contribution in [-0.4, -0.2) is 54.3 Å². The lowest BCUT2D eigenvalue weighted by atomic mass is 10.2. The first-order chi connectivity index (χ1) is 15.1. The van der Waals surface area contributed by atoms with E-state index >= 15 is 0 Å². The number of para-hydroxylation sites is 1. The molecule has 164 valence electrons. The third-order valence-corrected chi connectivity index (χ3v) is 6.21. The van der Waals surface area contributed by atoms with Gasteiger partial charge in [0.2, 0.25) is 0 Å². The molecule has 1 aliphatic rings. The molecule has 1 atom stereocenters. The standard InChI is InChI=1S/C24H28ClN3O2S/c1-18(23-16-19-6-2-3-9-22(19)30-23)28(11-5-10-27-12-14-29-15-13-27)24(31)26-21-8-4-7-20(25)17-21/h2-4,6-9,16-18H,5,10-15H2,1H3,(H,26,31). The number of hydrogen-bond acceptors (Lipinski definition) is 4. The van der Waals surface area contributed by atoms with Crippen LogP contribution in [0.1, 0.15) is 25.1 Å². The van der Waals surface area contributed by atoms with Gasteiger partial charge < -0.3 is 19.4 Å². The Labute approximate surface area is 193 Å². The molecule has 3 aromatic rings. The lowest BCUT2D eigenvalue weighted by Gasteiger charge is -2.32. The lowest BCUT2D eigenvalue weighted by Crippen LogP contribution is -2.41. The van der Waals surface area contributed by atoms with E-state index in [2.05, 4.69) is 34.2 Å². The first-order valence-electron chi connectivity index (χ1n) is 10.7. The molecular formula is C24H28ClN3O2S. The van der Waals surface area contributed by atoms with Crippen LogP contribution in [0.3, 0.4) is 0 Å². The fourth-order valence-corrected chi connectivity index (χ4v) is 4.44. The minimum absolute atomic E-state index is 0.00345. The number of hydrogen-bond donors (Lipinski definition) is 1. The predicted octanol–water partition coefficient (Wildman–Crippen LogP) is 5.57. The van der Waals surface area contributed by atoms with Crippen LogP contribution < -0.4 is 5.32 Å². The average molecular weight is 458 g/mol. The first-order valence-corrected chi connectivity index (χ1v) is 11.5. The van der Waals surface area contributed by atoms with E-state index in [1.807, 2.05) is 42.5 Å². The third-order valence-electron chi connectivity index (χ3n) is 5.64. The topological polar surface area (TPSA) is 40.9 Å². The second kappa shape index (κ2) is 10.5. The largest absolute Gasteiger partial charge is 0.459 e. The van der Waals surface area contributed by atoms with E-state index in [9.17, 15) is 0 Å². The maximum atomic E-state index is 6.15. The molecule has 1 aliphatic heterocycles.